The first-order chi connectivity index (χ1) is 12.8. The normalized spacial score (nSPS) is 10.2. The van der Waals surface area contributed by atoms with Gasteiger partial charge in [0.25, 0.3) is 0 Å². The van der Waals surface area contributed by atoms with Gasteiger partial charge in [0.2, 0.25) is 0 Å². The minimum absolute atomic E-state index is 0.508. The molecule has 0 spiro atoms. The Morgan fingerprint density at radius 2 is 1.35 bits per heavy atom. The van der Waals surface area contributed by atoms with Crippen LogP contribution in [0.15, 0.2) is 79.0 Å². The van der Waals surface area contributed by atoms with Crippen LogP contribution in [0.2, 0.25) is 0 Å². The first-order valence-electron chi connectivity index (χ1n) is 8.09. The Bertz CT molecular complexity index is 1050. The first kappa shape index (κ1) is 17.1. The molecule has 122 valence electrons. The molecule has 1 heterocycles. The second kappa shape index (κ2) is 8.91. The van der Waals surface area contributed by atoms with E-state index in [9.17, 15) is 5.11 Å². The van der Waals surface area contributed by atoms with Gasteiger partial charge < -0.3 is 5.11 Å². The molecule has 0 saturated heterocycles. The molecule has 0 aliphatic rings. The predicted molar refractivity (Wildman–Crippen MR) is 103 cm³/mol. The molecule has 0 amide bonds. The Balaban J connectivity index is 1.79. The summed E-state index contributed by atoms with van der Waals surface area (Å²) in [5, 5.41) is 10.3. The minimum Gasteiger partial charge on any atom is -0.376 e. The summed E-state index contributed by atoms with van der Waals surface area (Å²) in [7, 11) is 0. The largest absolute Gasteiger partial charge is 0.376 e. The fraction of sp³-hybridized carbons (Fsp3) is 0.0417. The molecule has 0 fully saturated rings. The zero-order valence-corrected chi connectivity index (χ0v) is 14.0. The highest BCUT2D eigenvalue weighted by molar-refractivity contribution is 5.46. The van der Waals surface area contributed by atoms with Gasteiger partial charge in [0.15, 0.2) is 0 Å². The van der Waals surface area contributed by atoms with Crippen molar-refractivity contribution in [3.8, 4) is 35.5 Å². The smallest absolute Gasteiger partial charge is 0.143 e. The van der Waals surface area contributed by atoms with Crippen LogP contribution in [0.25, 0.3) is 0 Å². The lowest BCUT2D eigenvalue weighted by molar-refractivity contribution is 0.237. The van der Waals surface area contributed by atoms with Crippen molar-refractivity contribution < 1.29 is 5.11 Å². The molecule has 0 bridgehead atoms. The van der Waals surface area contributed by atoms with Gasteiger partial charge in [-0.3, -0.25) is 0 Å². The van der Waals surface area contributed by atoms with Gasteiger partial charge >= 0.3 is 0 Å². The Morgan fingerprint density at radius 1 is 0.692 bits per heavy atom. The van der Waals surface area contributed by atoms with Crippen LogP contribution < -0.4 is 0 Å². The Hall–Kier alpha value is -3.77. The Morgan fingerprint density at radius 3 is 2.04 bits per heavy atom. The molecule has 2 aromatic carbocycles. The maximum atomic E-state index is 10.3. The highest BCUT2D eigenvalue weighted by Gasteiger charge is 2.08. The van der Waals surface area contributed by atoms with Crippen molar-refractivity contribution in [2.45, 2.75) is 6.10 Å². The lowest BCUT2D eigenvalue weighted by Gasteiger charge is -2.04. The number of aromatic nitrogens is 1. The highest BCUT2D eigenvalue weighted by atomic mass is 16.3. The number of rotatable bonds is 1. The van der Waals surface area contributed by atoms with E-state index in [1.165, 1.54) is 0 Å². The fourth-order valence-corrected chi connectivity index (χ4v) is 2.20. The second-order valence-electron chi connectivity index (χ2n) is 5.35. The summed E-state index contributed by atoms with van der Waals surface area (Å²) in [5.74, 6) is 17.2. The molecule has 3 aromatic rings. The van der Waals surface area contributed by atoms with Crippen molar-refractivity contribution >= 4 is 0 Å². The topological polar surface area (TPSA) is 33.1 Å². The van der Waals surface area contributed by atoms with Crippen molar-refractivity contribution in [2.24, 2.45) is 0 Å². The second-order valence-corrected chi connectivity index (χ2v) is 5.35. The van der Waals surface area contributed by atoms with Gasteiger partial charge in [-0.2, -0.15) is 0 Å². The van der Waals surface area contributed by atoms with Crippen LogP contribution in [-0.4, -0.2) is 10.1 Å². The molecule has 0 aliphatic carbocycles. The summed E-state index contributed by atoms with van der Waals surface area (Å²) in [6.07, 6.45) is 0.655. The van der Waals surface area contributed by atoms with Crippen LogP contribution >= 0.6 is 0 Å². The molecule has 0 aliphatic heterocycles. The molecule has 26 heavy (non-hydrogen) atoms. The molecule has 1 N–H and O–H groups in total. The van der Waals surface area contributed by atoms with Crippen LogP contribution in [0.1, 0.15) is 28.5 Å². The lowest BCUT2D eigenvalue weighted by atomic mass is 10.1. The number of aliphatic hydroxyl groups is 1. The van der Waals surface area contributed by atoms with E-state index in [-0.39, 0.29) is 0 Å². The SMILES string of the molecule is OC(C#CC#Cc1ccccc1)c1cccnc1C#Cc1ccccc1. The van der Waals surface area contributed by atoms with Gasteiger partial charge in [-0.15, -0.1) is 0 Å². The monoisotopic (exact) mass is 333 g/mol. The average molecular weight is 333 g/mol. The van der Waals surface area contributed by atoms with Crippen LogP contribution in [0.5, 0.6) is 0 Å². The van der Waals surface area contributed by atoms with Crippen molar-refractivity contribution in [1.82, 2.24) is 4.98 Å². The summed E-state index contributed by atoms with van der Waals surface area (Å²) < 4.78 is 0. The van der Waals surface area contributed by atoms with Gasteiger partial charge in [-0.05, 0) is 48.1 Å². The van der Waals surface area contributed by atoms with E-state index < -0.39 is 6.10 Å². The summed E-state index contributed by atoms with van der Waals surface area (Å²) in [5.41, 5.74) is 2.85. The third-order valence-corrected chi connectivity index (χ3v) is 3.48. The summed E-state index contributed by atoms with van der Waals surface area (Å²) in [6.45, 7) is 0. The van der Waals surface area contributed by atoms with Crippen LogP contribution in [0, 0.1) is 35.5 Å². The third-order valence-electron chi connectivity index (χ3n) is 3.48. The predicted octanol–water partition coefficient (Wildman–Crippen LogP) is 3.57. The van der Waals surface area contributed by atoms with E-state index >= 15 is 0 Å². The van der Waals surface area contributed by atoms with Crippen molar-refractivity contribution in [1.29, 1.82) is 0 Å². The molecule has 0 radical (unpaired) electrons. The van der Waals surface area contributed by atoms with E-state index in [4.69, 9.17) is 0 Å². The molecule has 1 aromatic heterocycles. The quantitative estimate of drug-likeness (QED) is 0.691. The van der Waals surface area contributed by atoms with E-state index in [2.05, 4.69) is 40.5 Å². The van der Waals surface area contributed by atoms with Gasteiger partial charge in [0, 0.05) is 22.9 Å². The maximum absolute atomic E-state index is 10.3. The number of benzene rings is 2. The lowest BCUT2D eigenvalue weighted by Crippen LogP contribution is -1.99. The molecule has 2 heteroatoms. The molecule has 1 atom stereocenters. The number of hydrogen-bond acceptors (Lipinski definition) is 2. The van der Waals surface area contributed by atoms with Crippen LogP contribution in [-0.2, 0) is 0 Å². The number of aliphatic hydroxyl groups excluding tert-OH is 1. The zero-order valence-electron chi connectivity index (χ0n) is 14.0. The van der Waals surface area contributed by atoms with E-state index in [0.717, 1.165) is 11.1 Å². The number of nitrogens with zero attached hydrogens (tertiary/aromatic N) is 1. The molecule has 3 rings (SSSR count). The van der Waals surface area contributed by atoms with Crippen LogP contribution in [0.4, 0.5) is 0 Å². The fourth-order valence-electron chi connectivity index (χ4n) is 2.20. The van der Waals surface area contributed by atoms with Gasteiger partial charge in [-0.1, -0.05) is 60.2 Å². The van der Waals surface area contributed by atoms with E-state index in [0.29, 0.717) is 11.3 Å². The van der Waals surface area contributed by atoms with E-state index in [1.54, 1.807) is 18.3 Å². The number of hydrogen-bond donors (Lipinski definition) is 1. The molecule has 2 nitrogen and oxygen atoms in total. The minimum atomic E-state index is -0.992. The van der Waals surface area contributed by atoms with Crippen LogP contribution in [0.3, 0.4) is 0 Å². The zero-order chi connectivity index (χ0) is 18.0. The van der Waals surface area contributed by atoms with E-state index in [1.807, 2.05) is 60.7 Å². The first-order valence-corrected chi connectivity index (χ1v) is 8.09. The van der Waals surface area contributed by atoms with Gasteiger partial charge in [-0.25, -0.2) is 4.98 Å². The van der Waals surface area contributed by atoms with Crippen molar-refractivity contribution in [3.63, 3.8) is 0 Å². The maximum Gasteiger partial charge on any atom is 0.143 e. The van der Waals surface area contributed by atoms with Gasteiger partial charge in [0.1, 0.15) is 11.8 Å². The highest BCUT2D eigenvalue weighted by Crippen LogP contribution is 2.14. The Labute approximate surface area is 153 Å². The average Bonchev–Trinajstić information content (AvgIpc) is 2.71. The summed E-state index contributed by atoms with van der Waals surface area (Å²) >= 11 is 0. The molecule has 1 unspecified atom stereocenters. The van der Waals surface area contributed by atoms with Crippen molar-refractivity contribution in [3.05, 3.63) is 101 Å². The molecule has 0 saturated carbocycles. The third kappa shape index (κ3) is 4.86. The molecular weight excluding hydrogens is 318 g/mol. The summed E-state index contributed by atoms with van der Waals surface area (Å²) in [6, 6.07) is 22.7. The standard InChI is InChI=1S/C24H15NO/c26-24(16-8-7-14-20-10-3-1-4-11-20)22-15-9-19-25-23(22)18-17-21-12-5-2-6-13-21/h1-6,9-13,15,19,24,26H. The summed E-state index contributed by atoms with van der Waals surface area (Å²) in [4.78, 5) is 4.25. The molecular formula is C24H15NO. The van der Waals surface area contributed by atoms with Gasteiger partial charge in [0.05, 0.1) is 0 Å². The Kier molecular flexibility index (Phi) is 5.85. The number of pyridine rings is 1. The van der Waals surface area contributed by atoms with Crippen molar-refractivity contribution in [2.75, 3.05) is 0 Å².